The molecule has 6 heteroatoms. The lowest BCUT2D eigenvalue weighted by molar-refractivity contribution is -0.137. The number of carbonyl (C=O) groups excluding carboxylic acids is 1. The monoisotopic (exact) mass is 297 g/mol. The van der Waals surface area contributed by atoms with Crippen LogP contribution in [0.3, 0.4) is 0 Å². The van der Waals surface area contributed by atoms with Crippen LogP contribution in [0.1, 0.15) is 31.7 Å². The molecule has 1 aromatic carbocycles. The van der Waals surface area contributed by atoms with Crippen LogP contribution < -0.4 is 4.74 Å². The van der Waals surface area contributed by atoms with E-state index in [0.29, 0.717) is 25.1 Å². The smallest absolute Gasteiger partial charge is 0.303 e. The molecule has 0 heterocycles. The Morgan fingerprint density at radius 3 is 2.57 bits per heavy atom. The molecule has 1 N–H and O–H groups in total. The molecule has 1 rings (SSSR count). The lowest BCUT2D eigenvalue weighted by Gasteiger charge is -2.21. The molecule has 1 aromatic rings. The zero-order valence-electron chi connectivity index (χ0n) is 12.3. The zero-order valence-corrected chi connectivity index (χ0v) is 12.3. The van der Waals surface area contributed by atoms with Crippen molar-refractivity contribution in [2.45, 2.75) is 32.7 Å². The van der Waals surface area contributed by atoms with Crippen LogP contribution in [0.15, 0.2) is 18.2 Å². The zero-order chi connectivity index (χ0) is 15.8. The van der Waals surface area contributed by atoms with E-state index in [4.69, 9.17) is 9.84 Å². The Hall–Kier alpha value is -2.11. The Labute approximate surface area is 123 Å². The third-order valence-electron chi connectivity index (χ3n) is 3.11. The first-order chi connectivity index (χ1) is 9.97. The lowest BCUT2D eigenvalue weighted by atomic mass is 10.1. The topological polar surface area (TPSA) is 66.8 Å². The molecule has 0 atom stereocenters. The molecule has 0 aromatic heterocycles. The standard InChI is InChI=1S/C15H20FNO4/c1-3-17(14(18)5-4-6-15(19)20)10-11-7-8-13(21-2)12(16)9-11/h7-9H,3-6,10H2,1-2H3,(H,19,20). The summed E-state index contributed by atoms with van der Waals surface area (Å²) in [6.45, 7) is 2.61. The molecular formula is C15H20FNO4. The Bertz CT molecular complexity index is 504. The number of hydrogen-bond acceptors (Lipinski definition) is 3. The van der Waals surface area contributed by atoms with Gasteiger partial charge in [0, 0.05) is 25.9 Å². The number of benzene rings is 1. The summed E-state index contributed by atoms with van der Waals surface area (Å²) in [5.41, 5.74) is 0.668. The highest BCUT2D eigenvalue weighted by Crippen LogP contribution is 2.19. The molecule has 1 amide bonds. The van der Waals surface area contributed by atoms with E-state index in [1.54, 1.807) is 11.0 Å². The Kier molecular flexibility index (Phi) is 6.65. The van der Waals surface area contributed by atoms with Gasteiger partial charge in [0.1, 0.15) is 0 Å². The molecule has 0 saturated carbocycles. The van der Waals surface area contributed by atoms with Crippen molar-refractivity contribution in [3.63, 3.8) is 0 Å². The molecule has 0 spiro atoms. The molecule has 116 valence electrons. The second kappa shape index (κ2) is 8.24. The highest BCUT2D eigenvalue weighted by Gasteiger charge is 2.13. The van der Waals surface area contributed by atoms with Gasteiger partial charge in [-0.1, -0.05) is 6.07 Å². The Morgan fingerprint density at radius 2 is 2.05 bits per heavy atom. The number of carboxylic acid groups (broad SMARTS) is 1. The van der Waals surface area contributed by atoms with Crippen molar-refractivity contribution in [1.29, 1.82) is 0 Å². The van der Waals surface area contributed by atoms with Gasteiger partial charge in [0.2, 0.25) is 5.91 Å². The van der Waals surface area contributed by atoms with Crippen molar-refractivity contribution in [2.24, 2.45) is 0 Å². The minimum absolute atomic E-state index is 0.0273. The van der Waals surface area contributed by atoms with Crippen LogP contribution in [-0.2, 0) is 16.1 Å². The fraction of sp³-hybridized carbons (Fsp3) is 0.467. The number of nitrogens with zero attached hydrogens (tertiary/aromatic N) is 1. The third kappa shape index (κ3) is 5.41. The van der Waals surface area contributed by atoms with E-state index in [1.807, 2.05) is 6.92 Å². The number of methoxy groups -OCH3 is 1. The Morgan fingerprint density at radius 1 is 1.33 bits per heavy atom. The van der Waals surface area contributed by atoms with Gasteiger partial charge in [0.15, 0.2) is 11.6 Å². The first kappa shape index (κ1) is 16.9. The molecular weight excluding hydrogens is 277 g/mol. The summed E-state index contributed by atoms with van der Waals surface area (Å²) in [6.07, 6.45) is 0.459. The average Bonchev–Trinajstić information content (AvgIpc) is 2.44. The molecule has 5 nitrogen and oxygen atoms in total. The molecule has 0 fully saturated rings. The number of halogens is 1. The van der Waals surface area contributed by atoms with Gasteiger partial charge in [-0.3, -0.25) is 9.59 Å². The van der Waals surface area contributed by atoms with Crippen molar-refractivity contribution in [2.75, 3.05) is 13.7 Å². The van der Waals surface area contributed by atoms with Crippen molar-refractivity contribution in [3.05, 3.63) is 29.6 Å². The quantitative estimate of drug-likeness (QED) is 0.800. The number of ether oxygens (including phenoxy) is 1. The number of carboxylic acids is 1. The van der Waals surface area contributed by atoms with Crippen LogP contribution in [0.25, 0.3) is 0 Å². The second-order valence-electron chi connectivity index (χ2n) is 4.62. The molecule has 0 aliphatic rings. The minimum atomic E-state index is -0.914. The highest BCUT2D eigenvalue weighted by atomic mass is 19.1. The normalized spacial score (nSPS) is 10.2. The maximum atomic E-state index is 13.6. The SMILES string of the molecule is CCN(Cc1ccc(OC)c(F)c1)C(=O)CCCC(=O)O. The van der Waals surface area contributed by atoms with Crippen LogP contribution in [-0.4, -0.2) is 35.5 Å². The molecule has 0 bridgehead atoms. The van der Waals surface area contributed by atoms with E-state index in [0.717, 1.165) is 0 Å². The van der Waals surface area contributed by atoms with Gasteiger partial charge in [0.25, 0.3) is 0 Å². The summed E-state index contributed by atoms with van der Waals surface area (Å²) in [6, 6.07) is 4.56. The molecule has 0 radical (unpaired) electrons. The van der Waals surface area contributed by atoms with Crippen LogP contribution in [0.2, 0.25) is 0 Å². The van der Waals surface area contributed by atoms with Gasteiger partial charge >= 0.3 is 5.97 Å². The molecule has 21 heavy (non-hydrogen) atoms. The summed E-state index contributed by atoms with van der Waals surface area (Å²) in [5, 5.41) is 8.56. The number of rotatable bonds is 8. The lowest BCUT2D eigenvalue weighted by Crippen LogP contribution is -2.30. The van der Waals surface area contributed by atoms with Crippen LogP contribution >= 0.6 is 0 Å². The summed E-state index contributed by atoms with van der Waals surface area (Å²) in [5.74, 6) is -1.35. The molecule has 0 saturated heterocycles. The van der Waals surface area contributed by atoms with Gasteiger partial charge < -0.3 is 14.7 Å². The summed E-state index contributed by atoms with van der Waals surface area (Å²) < 4.78 is 18.4. The van der Waals surface area contributed by atoms with Gasteiger partial charge in [-0.05, 0) is 31.0 Å². The van der Waals surface area contributed by atoms with E-state index < -0.39 is 11.8 Å². The Balaban J connectivity index is 2.62. The van der Waals surface area contributed by atoms with E-state index >= 15 is 0 Å². The molecule has 0 aliphatic heterocycles. The van der Waals surface area contributed by atoms with Crippen molar-refractivity contribution < 1.29 is 23.8 Å². The average molecular weight is 297 g/mol. The fourth-order valence-corrected chi connectivity index (χ4v) is 1.95. The number of hydrogen-bond donors (Lipinski definition) is 1. The van der Waals surface area contributed by atoms with E-state index in [2.05, 4.69) is 0 Å². The maximum Gasteiger partial charge on any atom is 0.303 e. The van der Waals surface area contributed by atoms with E-state index in [-0.39, 0.29) is 24.5 Å². The highest BCUT2D eigenvalue weighted by molar-refractivity contribution is 5.77. The molecule has 0 aliphatic carbocycles. The summed E-state index contributed by atoms with van der Waals surface area (Å²) >= 11 is 0. The number of carbonyl (C=O) groups is 2. The van der Waals surface area contributed by atoms with E-state index in [9.17, 15) is 14.0 Å². The second-order valence-corrected chi connectivity index (χ2v) is 4.62. The fourth-order valence-electron chi connectivity index (χ4n) is 1.95. The summed E-state index contributed by atoms with van der Waals surface area (Å²) in [4.78, 5) is 24.0. The largest absolute Gasteiger partial charge is 0.494 e. The number of amides is 1. The van der Waals surface area contributed by atoms with E-state index in [1.165, 1.54) is 19.2 Å². The molecule has 0 unspecified atom stereocenters. The van der Waals surface area contributed by atoms with Crippen molar-refractivity contribution in [3.8, 4) is 5.75 Å². The predicted molar refractivity (Wildman–Crippen MR) is 75.5 cm³/mol. The first-order valence-corrected chi connectivity index (χ1v) is 6.80. The minimum Gasteiger partial charge on any atom is -0.494 e. The maximum absolute atomic E-state index is 13.6. The number of aliphatic carboxylic acids is 1. The van der Waals surface area contributed by atoms with Crippen molar-refractivity contribution >= 4 is 11.9 Å². The third-order valence-corrected chi connectivity index (χ3v) is 3.11. The van der Waals surface area contributed by atoms with Crippen LogP contribution in [0.4, 0.5) is 4.39 Å². The van der Waals surface area contributed by atoms with Crippen molar-refractivity contribution in [1.82, 2.24) is 4.90 Å². The van der Waals surface area contributed by atoms with Gasteiger partial charge in [-0.15, -0.1) is 0 Å². The van der Waals surface area contributed by atoms with Gasteiger partial charge in [0.05, 0.1) is 7.11 Å². The van der Waals surface area contributed by atoms with Gasteiger partial charge in [-0.25, -0.2) is 4.39 Å². The van der Waals surface area contributed by atoms with Crippen LogP contribution in [0.5, 0.6) is 5.75 Å². The summed E-state index contributed by atoms with van der Waals surface area (Å²) in [7, 11) is 1.39. The first-order valence-electron chi connectivity index (χ1n) is 6.80. The van der Waals surface area contributed by atoms with Gasteiger partial charge in [-0.2, -0.15) is 0 Å². The predicted octanol–water partition coefficient (Wildman–Crippen LogP) is 2.44. The van der Waals surface area contributed by atoms with Crippen LogP contribution in [0, 0.1) is 5.82 Å².